The minimum atomic E-state index is -1.03. The second-order valence-electron chi connectivity index (χ2n) is 6.49. The van der Waals surface area contributed by atoms with Gasteiger partial charge in [0, 0.05) is 24.1 Å². The van der Waals surface area contributed by atoms with Crippen molar-refractivity contribution in [1.29, 1.82) is 0 Å². The summed E-state index contributed by atoms with van der Waals surface area (Å²) < 4.78 is 21.7. The Hall–Kier alpha value is -3.39. The first-order chi connectivity index (χ1) is 13.3. The normalized spacial score (nSPS) is 13.1. The molecule has 1 amide bonds. The summed E-state index contributed by atoms with van der Waals surface area (Å²) in [5, 5.41) is 5.56. The molecule has 1 aliphatic carbocycles. The second kappa shape index (κ2) is 7.32. The van der Waals surface area contributed by atoms with Gasteiger partial charge in [0.1, 0.15) is 5.56 Å². The molecule has 146 valence electrons. The van der Waals surface area contributed by atoms with E-state index >= 15 is 4.39 Å². The fourth-order valence-electron chi connectivity index (χ4n) is 3.20. The van der Waals surface area contributed by atoms with E-state index < -0.39 is 28.8 Å². The van der Waals surface area contributed by atoms with Gasteiger partial charge in [-0.1, -0.05) is 5.11 Å². The zero-order valence-electron chi connectivity index (χ0n) is 15.6. The Labute approximate surface area is 158 Å². The smallest absolute Gasteiger partial charge is 0.343 e. The molecule has 0 unspecified atom stereocenters. The van der Waals surface area contributed by atoms with Crippen molar-refractivity contribution < 1.29 is 18.7 Å². The molecule has 0 bridgehead atoms. The number of aryl methyl sites for hydroxylation is 1. The van der Waals surface area contributed by atoms with E-state index in [9.17, 15) is 14.4 Å². The number of hydrogen-bond donors (Lipinski definition) is 1. The van der Waals surface area contributed by atoms with Gasteiger partial charge in [-0.05, 0) is 37.8 Å². The molecule has 0 radical (unpaired) electrons. The molecular formula is C18H18FN5O4. The third kappa shape index (κ3) is 3.18. The summed E-state index contributed by atoms with van der Waals surface area (Å²) in [5.41, 5.74) is 7.64. The van der Waals surface area contributed by atoms with Crippen molar-refractivity contribution in [2.75, 3.05) is 11.9 Å². The minimum Gasteiger partial charge on any atom is -0.462 e. The number of halogens is 1. The zero-order valence-corrected chi connectivity index (χ0v) is 15.6. The topological polar surface area (TPSA) is 126 Å². The highest BCUT2D eigenvalue weighted by molar-refractivity contribution is 6.06. The van der Waals surface area contributed by atoms with E-state index in [1.54, 1.807) is 11.5 Å². The van der Waals surface area contributed by atoms with Crippen LogP contribution in [0.25, 0.3) is 21.3 Å². The summed E-state index contributed by atoms with van der Waals surface area (Å²) >= 11 is 0. The summed E-state index contributed by atoms with van der Waals surface area (Å²) in [4.78, 5) is 39.7. The van der Waals surface area contributed by atoms with Crippen molar-refractivity contribution >= 4 is 34.2 Å². The van der Waals surface area contributed by atoms with Crippen LogP contribution >= 0.6 is 0 Å². The van der Waals surface area contributed by atoms with Gasteiger partial charge in [0.05, 0.1) is 28.9 Å². The Morgan fingerprint density at radius 3 is 2.68 bits per heavy atom. The zero-order chi connectivity index (χ0) is 20.6. The van der Waals surface area contributed by atoms with Crippen LogP contribution in [0.5, 0.6) is 0 Å². The summed E-state index contributed by atoms with van der Waals surface area (Å²) in [5.74, 6) is -2.47. The highest BCUT2D eigenvalue weighted by Crippen LogP contribution is 2.42. The van der Waals surface area contributed by atoms with E-state index in [0.29, 0.717) is 5.52 Å². The highest BCUT2D eigenvalue weighted by atomic mass is 19.1. The van der Waals surface area contributed by atoms with Crippen molar-refractivity contribution in [3.8, 4) is 0 Å². The fraction of sp³-hybridized carbons (Fsp3) is 0.389. The molecule has 1 aliphatic rings. The van der Waals surface area contributed by atoms with Crippen molar-refractivity contribution in [2.24, 2.45) is 5.11 Å². The van der Waals surface area contributed by atoms with E-state index in [-0.39, 0.29) is 34.8 Å². The van der Waals surface area contributed by atoms with Crippen LogP contribution in [-0.4, -0.2) is 23.1 Å². The van der Waals surface area contributed by atoms with Crippen LogP contribution in [0.15, 0.2) is 16.1 Å². The molecule has 1 N–H and O–H groups in total. The predicted molar refractivity (Wildman–Crippen MR) is 100 cm³/mol. The summed E-state index contributed by atoms with van der Waals surface area (Å²) in [7, 11) is 0. The minimum absolute atomic E-state index is 0.00420. The SMILES string of the molecule is CCOC(=O)c1cn(C2CC2)c2c(C)c(N=[N+]=[N-])c(F)c(NC(C)=O)c2c1=O. The van der Waals surface area contributed by atoms with Crippen molar-refractivity contribution in [2.45, 2.75) is 39.7 Å². The number of esters is 1. The number of fused-ring (bicyclic) bond motifs is 1. The number of azide groups is 1. The number of carbonyl (C=O) groups excluding carboxylic acids is 2. The van der Waals surface area contributed by atoms with Gasteiger partial charge in [-0.3, -0.25) is 9.59 Å². The third-order valence-electron chi connectivity index (χ3n) is 4.50. The third-order valence-corrected chi connectivity index (χ3v) is 4.50. The van der Waals surface area contributed by atoms with Crippen molar-refractivity contribution in [1.82, 2.24) is 4.57 Å². The second-order valence-corrected chi connectivity index (χ2v) is 6.49. The Bertz CT molecular complexity index is 1110. The van der Waals surface area contributed by atoms with Crippen LogP contribution in [0, 0.1) is 12.7 Å². The van der Waals surface area contributed by atoms with Gasteiger partial charge in [-0.2, -0.15) is 0 Å². The fourth-order valence-corrected chi connectivity index (χ4v) is 3.20. The maximum atomic E-state index is 15.1. The Morgan fingerprint density at radius 1 is 1.46 bits per heavy atom. The largest absolute Gasteiger partial charge is 0.462 e. The van der Waals surface area contributed by atoms with E-state index in [4.69, 9.17) is 10.3 Å². The molecule has 1 heterocycles. The molecule has 1 aromatic carbocycles. The van der Waals surface area contributed by atoms with Crippen molar-refractivity contribution in [3.05, 3.63) is 43.8 Å². The molecule has 0 aliphatic heterocycles. The number of benzene rings is 1. The van der Waals surface area contributed by atoms with Crippen LogP contribution in [0.1, 0.15) is 48.7 Å². The van der Waals surface area contributed by atoms with E-state index in [1.807, 2.05) is 0 Å². The molecule has 0 atom stereocenters. The van der Waals surface area contributed by atoms with Crippen LogP contribution < -0.4 is 10.7 Å². The van der Waals surface area contributed by atoms with Gasteiger partial charge in [-0.15, -0.1) is 0 Å². The molecule has 0 saturated heterocycles. The van der Waals surface area contributed by atoms with Crippen molar-refractivity contribution in [3.63, 3.8) is 0 Å². The highest BCUT2D eigenvalue weighted by Gasteiger charge is 2.31. The van der Waals surface area contributed by atoms with Gasteiger partial charge in [-0.25, -0.2) is 9.18 Å². The van der Waals surface area contributed by atoms with Gasteiger partial charge in [0.2, 0.25) is 11.3 Å². The summed E-state index contributed by atoms with van der Waals surface area (Å²) in [6.45, 7) is 4.36. The van der Waals surface area contributed by atoms with Gasteiger partial charge >= 0.3 is 5.97 Å². The van der Waals surface area contributed by atoms with Gasteiger partial charge < -0.3 is 14.6 Å². The number of anilines is 1. The van der Waals surface area contributed by atoms with Crippen LogP contribution in [0.4, 0.5) is 15.8 Å². The molecular weight excluding hydrogens is 369 g/mol. The average molecular weight is 387 g/mol. The van der Waals surface area contributed by atoms with E-state index in [1.165, 1.54) is 13.1 Å². The van der Waals surface area contributed by atoms with Crippen LogP contribution in [0.2, 0.25) is 0 Å². The maximum Gasteiger partial charge on any atom is 0.343 e. The number of hydrogen-bond acceptors (Lipinski definition) is 5. The number of rotatable bonds is 5. The molecule has 10 heteroatoms. The number of amides is 1. The Balaban J connectivity index is 2.53. The average Bonchev–Trinajstić information content (AvgIpc) is 3.47. The molecule has 2 aromatic rings. The lowest BCUT2D eigenvalue weighted by Crippen LogP contribution is -2.23. The summed E-state index contributed by atoms with van der Waals surface area (Å²) in [6.07, 6.45) is 3.01. The first kappa shape index (κ1) is 19.4. The lowest BCUT2D eigenvalue weighted by atomic mass is 10.0. The van der Waals surface area contributed by atoms with Crippen LogP contribution in [-0.2, 0) is 9.53 Å². The monoisotopic (exact) mass is 387 g/mol. The molecule has 9 nitrogen and oxygen atoms in total. The van der Waals surface area contributed by atoms with E-state index in [2.05, 4.69) is 15.3 Å². The lowest BCUT2D eigenvalue weighted by molar-refractivity contribution is -0.114. The molecule has 1 saturated carbocycles. The molecule has 1 fully saturated rings. The quantitative estimate of drug-likeness (QED) is 0.362. The Morgan fingerprint density at radius 2 is 2.14 bits per heavy atom. The van der Waals surface area contributed by atoms with Gasteiger partial charge in [0.25, 0.3) is 0 Å². The molecule has 3 rings (SSSR count). The molecule has 28 heavy (non-hydrogen) atoms. The first-order valence-corrected chi connectivity index (χ1v) is 8.72. The molecule has 1 aromatic heterocycles. The lowest BCUT2D eigenvalue weighted by Gasteiger charge is -2.19. The number of nitrogens with zero attached hydrogens (tertiary/aromatic N) is 4. The maximum absolute atomic E-state index is 15.1. The molecule has 0 spiro atoms. The number of aromatic nitrogens is 1. The van der Waals surface area contributed by atoms with Gasteiger partial charge in [0.15, 0.2) is 5.82 Å². The number of ether oxygens (including phenoxy) is 1. The Kier molecular flexibility index (Phi) is 5.06. The number of nitrogens with one attached hydrogen (secondary N) is 1. The standard InChI is InChI=1S/C18H18FN5O4/c1-4-28-18(27)11-7-24(10-5-6-10)16-8(2)14(22-23-20)13(19)15(21-9(3)25)12(16)17(11)26/h7,10H,4-6H2,1-3H3,(H,21,25). The van der Waals surface area contributed by atoms with Crippen LogP contribution in [0.3, 0.4) is 0 Å². The number of carbonyl (C=O) groups is 2. The summed E-state index contributed by atoms with van der Waals surface area (Å²) in [6, 6.07) is 0.00420. The first-order valence-electron chi connectivity index (χ1n) is 8.72. The predicted octanol–water partition coefficient (Wildman–Crippen LogP) is 3.86. The van der Waals surface area contributed by atoms with E-state index in [0.717, 1.165) is 19.8 Å². The number of pyridine rings is 1.